The van der Waals surface area contributed by atoms with Crippen molar-refractivity contribution in [3.8, 4) is 28.8 Å². The number of nitrogens with one attached hydrogen (secondary N) is 2. The molecule has 1 aliphatic rings. The van der Waals surface area contributed by atoms with Crippen LogP contribution in [0.5, 0.6) is 17.4 Å². The SMILES string of the molecule is COc1cc(F)c(C2CNC(=O)C2Nc2nnc(-c3ccc(Oc4cccc(F)n4)cc3)o2)c(F)c1. The molecule has 0 spiro atoms. The second kappa shape index (κ2) is 9.56. The van der Waals surface area contributed by atoms with Crippen LogP contribution in [0.25, 0.3) is 11.5 Å². The molecule has 4 aromatic rings. The topological polar surface area (TPSA) is 111 Å². The molecule has 5 rings (SSSR count). The summed E-state index contributed by atoms with van der Waals surface area (Å²) < 4.78 is 58.5. The highest BCUT2D eigenvalue weighted by atomic mass is 19.1. The summed E-state index contributed by atoms with van der Waals surface area (Å²) in [5, 5.41) is 13.2. The van der Waals surface area contributed by atoms with Crippen molar-refractivity contribution < 1.29 is 31.9 Å². The monoisotopic (exact) mass is 497 g/mol. The molecule has 3 heterocycles. The first kappa shape index (κ1) is 23.1. The average molecular weight is 497 g/mol. The van der Waals surface area contributed by atoms with Crippen molar-refractivity contribution in [3.05, 3.63) is 77.7 Å². The Balaban J connectivity index is 1.31. The van der Waals surface area contributed by atoms with Crippen LogP contribution in [-0.4, -0.2) is 40.8 Å². The molecule has 12 heteroatoms. The zero-order valence-corrected chi connectivity index (χ0v) is 18.7. The van der Waals surface area contributed by atoms with Gasteiger partial charge in [-0.3, -0.25) is 4.79 Å². The van der Waals surface area contributed by atoms with Crippen LogP contribution >= 0.6 is 0 Å². The van der Waals surface area contributed by atoms with E-state index in [1.54, 1.807) is 24.3 Å². The largest absolute Gasteiger partial charge is 0.497 e. The van der Waals surface area contributed by atoms with E-state index >= 15 is 0 Å². The number of amides is 1. The maximum Gasteiger partial charge on any atom is 0.316 e. The van der Waals surface area contributed by atoms with Gasteiger partial charge in [-0.15, -0.1) is 5.10 Å². The summed E-state index contributed by atoms with van der Waals surface area (Å²) in [5.74, 6) is -3.00. The zero-order valence-electron chi connectivity index (χ0n) is 18.7. The van der Waals surface area contributed by atoms with Crippen molar-refractivity contribution in [2.24, 2.45) is 0 Å². The molecule has 0 radical (unpaired) electrons. The molecule has 0 saturated carbocycles. The molecule has 2 unspecified atom stereocenters. The van der Waals surface area contributed by atoms with E-state index < -0.39 is 35.4 Å². The van der Waals surface area contributed by atoms with Gasteiger partial charge in [-0.2, -0.15) is 9.37 Å². The number of methoxy groups -OCH3 is 1. The molecule has 0 aliphatic carbocycles. The van der Waals surface area contributed by atoms with Crippen LogP contribution in [0.3, 0.4) is 0 Å². The van der Waals surface area contributed by atoms with Crippen molar-refractivity contribution in [3.63, 3.8) is 0 Å². The number of nitrogens with zero attached hydrogens (tertiary/aromatic N) is 3. The molecule has 1 amide bonds. The standard InChI is InChI=1S/C24H18F3N5O4/c1-34-14-9-16(25)20(17(26)10-14)15-11-28-22(33)21(15)30-24-32-31-23(36-24)12-5-7-13(8-6-12)35-19-4-2-3-18(27)29-19/h2-10,15,21H,11H2,1H3,(H,28,33)(H,30,32). The number of aromatic nitrogens is 3. The van der Waals surface area contributed by atoms with Crippen LogP contribution < -0.4 is 20.1 Å². The van der Waals surface area contributed by atoms with Crippen molar-refractivity contribution in [1.82, 2.24) is 20.5 Å². The van der Waals surface area contributed by atoms with Gasteiger partial charge in [0.1, 0.15) is 29.2 Å². The lowest BCUT2D eigenvalue weighted by Crippen LogP contribution is -2.33. The minimum atomic E-state index is -1.05. The van der Waals surface area contributed by atoms with Gasteiger partial charge in [-0.25, -0.2) is 8.78 Å². The number of hydrogen-bond donors (Lipinski definition) is 2. The number of carbonyl (C=O) groups excluding carboxylic acids is 1. The number of hydrogen-bond acceptors (Lipinski definition) is 8. The lowest BCUT2D eigenvalue weighted by Gasteiger charge is -2.19. The Labute approximate surface area is 202 Å². The second-order valence-corrected chi connectivity index (χ2v) is 7.82. The Kier molecular flexibility index (Phi) is 6.15. The molecular weight excluding hydrogens is 479 g/mol. The Hall–Kier alpha value is -4.61. The van der Waals surface area contributed by atoms with Crippen LogP contribution in [0.2, 0.25) is 0 Å². The molecule has 36 heavy (non-hydrogen) atoms. The van der Waals surface area contributed by atoms with Crippen molar-refractivity contribution in [1.29, 1.82) is 0 Å². The number of anilines is 1. The lowest BCUT2D eigenvalue weighted by atomic mass is 9.93. The second-order valence-electron chi connectivity index (χ2n) is 7.82. The van der Waals surface area contributed by atoms with Gasteiger partial charge in [-0.05, 0) is 30.3 Å². The number of pyridine rings is 1. The fraction of sp³-hybridized carbons (Fsp3) is 0.167. The van der Waals surface area contributed by atoms with E-state index in [1.807, 2.05) is 0 Å². The van der Waals surface area contributed by atoms with Gasteiger partial charge in [0, 0.05) is 41.8 Å². The molecular formula is C24H18F3N5O4. The number of halogens is 3. The summed E-state index contributed by atoms with van der Waals surface area (Å²) in [6.45, 7) is 0.0132. The number of rotatable bonds is 7. The summed E-state index contributed by atoms with van der Waals surface area (Å²) in [6, 6.07) is 11.7. The summed E-state index contributed by atoms with van der Waals surface area (Å²) in [7, 11) is 1.30. The normalized spacial score (nSPS) is 17.1. The van der Waals surface area contributed by atoms with Gasteiger partial charge >= 0.3 is 6.01 Å². The Bertz CT molecular complexity index is 1390. The van der Waals surface area contributed by atoms with E-state index in [-0.39, 0.29) is 35.6 Å². The predicted molar refractivity (Wildman–Crippen MR) is 120 cm³/mol. The van der Waals surface area contributed by atoms with E-state index in [4.69, 9.17) is 13.9 Å². The molecule has 2 atom stereocenters. The number of ether oxygens (including phenoxy) is 2. The molecule has 0 bridgehead atoms. The molecule has 9 nitrogen and oxygen atoms in total. The minimum Gasteiger partial charge on any atom is -0.497 e. The van der Waals surface area contributed by atoms with Crippen LogP contribution in [-0.2, 0) is 4.79 Å². The molecule has 1 saturated heterocycles. The molecule has 2 N–H and O–H groups in total. The first-order chi connectivity index (χ1) is 17.4. The van der Waals surface area contributed by atoms with Crippen LogP contribution in [0.4, 0.5) is 19.2 Å². The number of carbonyl (C=O) groups is 1. The fourth-order valence-electron chi connectivity index (χ4n) is 3.85. The quantitative estimate of drug-likeness (QED) is 0.368. The van der Waals surface area contributed by atoms with Crippen molar-refractivity contribution >= 4 is 11.9 Å². The molecule has 184 valence electrons. The van der Waals surface area contributed by atoms with E-state index in [1.165, 1.54) is 25.3 Å². The zero-order chi connectivity index (χ0) is 25.2. The molecule has 1 aliphatic heterocycles. The molecule has 1 fully saturated rings. The lowest BCUT2D eigenvalue weighted by molar-refractivity contribution is -0.119. The third-order valence-corrected chi connectivity index (χ3v) is 5.56. The van der Waals surface area contributed by atoms with Gasteiger partial charge < -0.3 is 24.5 Å². The molecule has 2 aromatic heterocycles. The van der Waals surface area contributed by atoms with E-state index in [9.17, 15) is 18.0 Å². The first-order valence-corrected chi connectivity index (χ1v) is 10.7. The maximum absolute atomic E-state index is 14.6. The number of benzene rings is 2. The smallest absolute Gasteiger partial charge is 0.316 e. The van der Waals surface area contributed by atoms with E-state index in [2.05, 4.69) is 25.8 Å². The van der Waals surface area contributed by atoms with Gasteiger partial charge in [-0.1, -0.05) is 11.2 Å². The van der Waals surface area contributed by atoms with Crippen molar-refractivity contribution in [2.45, 2.75) is 12.0 Å². The van der Waals surface area contributed by atoms with E-state index in [0.717, 1.165) is 12.1 Å². The highest BCUT2D eigenvalue weighted by molar-refractivity contribution is 5.88. The van der Waals surface area contributed by atoms with Gasteiger partial charge in [0.15, 0.2) is 0 Å². The maximum atomic E-state index is 14.6. The van der Waals surface area contributed by atoms with Gasteiger partial charge in [0.2, 0.25) is 23.6 Å². The highest BCUT2D eigenvalue weighted by Crippen LogP contribution is 2.33. The van der Waals surface area contributed by atoms with Crippen LogP contribution in [0.1, 0.15) is 11.5 Å². The fourth-order valence-corrected chi connectivity index (χ4v) is 3.85. The Morgan fingerprint density at radius 3 is 2.47 bits per heavy atom. The third-order valence-electron chi connectivity index (χ3n) is 5.56. The summed E-state index contributed by atoms with van der Waals surface area (Å²) in [6.07, 6.45) is 0. The summed E-state index contributed by atoms with van der Waals surface area (Å²) in [4.78, 5) is 16.0. The first-order valence-electron chi connectivity index (χ1n) is 10.7. The van der Waals surface area contributed by atoms with Gasteiger partial charge in [0.05, 0.1) is 7.11 Å². The van der Waals surface area contributed by atoms with Gasteiger partial charge in [0.25, 0.3) is 0 Å². The van der Waals surface area contributed by atoms with Crippen LogP contribution in [0, 0.1) is 17.6 Å². The Morgan fingerprint density at radius 1 is 1.03 bits per heavy atom. The Morgan fingerprint density at radius 2 is 1.78 bits per heavy atom. The predicted octanol–water partition coefficient (Wildman–Crippen LogP) is 4.04. The average Bonchev–Trinajstić information content (AvgIpc) is 3.47. The van der Waals surface area contributed by atoms with Crippen LogP contribution in [0.15, 0.2) is 59.0 Å². The summed E-state index contributed by atoms with van der Waals surface area (Å²) in [5.41, 5.74) is 0.282. The third kappa shape index (κ3) is 4.65. The van der Waals surface area contributed by atoms with E-state index in [0.29, 0.717) is 11.3 Å². The van der Waals surface area contributed by atoms with Crippen molar-refractivity contribution in [2.75, 3.05) is 19.0 Å². The summed E-state index contributed by atoms with van der Waals surface area (Å²) >= 11 is 0. The highest BCUT2D eigenvalue weighted by Gasteiger charge is 2.40. The minimum absolute atomic E-state index is 0.0132. The molecule has 2 aromatic carbocycles.